The summed E-state index contributed by atoms with van der Waals surface area (Å²) in [5.41, 5.74) is -0.0895. The van der Waals surface area contributed by atoms with E-state index in [1.165, 1.54) is 12.0 Å². The summed E-state index contributed by atoms with van der Waals surface area (Å²) in [6.45, 7) is 5.87. The number of carbonyl (C=O) groups is 4. The highest BCUT2D eigenvalue weighted by Gasteiger charge is 2.36. The molecule has 0 radical (unpaired) electrons. The van der Waals surface area contributed by atoms with Crippen LogP contribution in [0.2, 0.25) is 0 Å². The number of ether oxygens (including phenoxy) is 2. The summed E-state index contributed by atoms with van der Waals surface area (Å²) < 4.78 is 9.78. The van der Waals surface area contributed by atoms with Crippen LogP contribution in [-0.4, -0.2) is 72.3 Å². The molecule has 0 aliphatic heterocycles. The first kappa shape index (κ1) is 29.5. The lowest BCUT2D eigenvalue weighted by Gasteiger charge is -2.34. The van der Waals surface area contributed by atoms with Gasteiger partial charge in [0.25, 0.3) is 0 Å². The molecule has 2 atom stereocenters. The smallest absolute Gasteiger partial charge is 0.408 e. The van der Waals surface area contributed by atoms with Crippen molar-refractivity contribution in [2.45, 2.75) is 58.2 Å². The second kappa shape index (κ2) is 14.0. The van der Waals surface area contributed by atoms with Gasteiger partial charge < -0.3 is 30.1 Å². The van der Waals surface area contributed by atoms with E-state index in [1.54, 1.807) is 45.0 Å². The second-order valence-electron chi connectivity index (χ2n) is 8.69. The minimum absolute atomic E-state index is 0.122. The molecule has 10 heteroatoms. The maximum atomic E-state index is 13.6. The van der Waals surface area contributed by atoms with Crippen LogP contribution in [0.5, 0.6) is 0 Å². The van der Waals surface area contributed by atoms with Crippen LogP contribution in [-0.2, 0) is 23.9 Å². The molecule has 0 aliphatic rings. The van der Waals surface area contributed by atoms with E-state index in [4.69, 9.17) is 11.2 Å². The number of unbranched alkanes of at least 4 members (excludes halogenated alkanes) is 1. The fourth-order valence-corrected chi connectivity index (χ4v) is 3.18. The molecule has 0 saturated carbocycles. The molecule has 3 N–H and O–H groups in total. The van der Waals surface area contributed by atoms with E-state index in [-0.39, 0.29) is 6.54 Å². The Kier molecular flexibility index (Phi) is 11.8. The van der Waals surface area contributed by atoms with Gasteiger partial charge in [-0.05, 0) is 38.8 Å². The van der Waals surface area contributed by atoms with Crippen molar-refractivity contribution in [2.24, 2.45) is 0 Å². The number of aliphatic hydroxyl groups is 1. The van der Waals surface area contributed by atoms with E-state index in [0.717, 1.165) is 0 Å². The average molecular weight is 490 g/mol. The van der Waals surface area contributed by atoms with Crippen LogP contribution in [0.3, 0.4) is 0 Å². The monoisotopic (exact) mass is 489 g/mol. The van der Waals surface area contributed by atoms with Gasteiger partial charge in [-0.15, -0.1) is 6.42 Å². The highest BCUT2D eigenvalue weighted by Crippen LogP contribution is 2.26. The number of esters is 1. The number of terminal acetylenes is 1. The summed E-state index contributed by atoms with van der Waals surface area (Å²) in [6.07, 6.45) is 5.97. The molecule has 1 rings (SSSR count). The average Bonchev–Trinajstić information content (AvgIpc) is 2.81. The molecule has 3 amide bonds. The Hall–Kier alpha value is -3.58. The van der Waals surface area contributed by atoms with Gasteiger partial charge in [-0.2, -0.15) is 0 Å². The SMILES string of the molecule is C#Cc1ccccc1C(C(=O)NCC(=O)OC)N(CCCC)C(=O)C(CO)NC(=O)OC(C)(C)C. The van der Waals surface area contributed by atoms with E-state index < -0.39 is 54.7 Å². The Morgan fingerprint density at radius 1 is 1.20 bits per heavy atom. The van der Waals surface area contributed by atoms with Gasteiger partial charge in [-0.3, -0.25) is 14.4 Å². The van der Waals surface area contributed by atoms with Crippen LogP contribution in [0.15, 0.2) is 24.3 Å². The number of hydrogen-bond donors (Lipinski definition) is 3. The number of nitrogens with zero attached hydrogens (tertiary/aromatic N) is 1. The van der Waals surface area contributed by atoms with Gasteiger partial charge >= 0.3 is 12.1 Å². The van der Waals surface area contributed by atoms with Crippen LogP contribution in [0.1, 0.15) is 57.7 Å². The zero-order valence-corrected chi connectivity index (χ0v) is 20.9. The standard InChI is InChI=1S/C25H35N3O7/c1-7-9-14-28(23(32)19(16-29)27-24(33)35-25(3,4)5)21(22(31)26-15-20(30)34-6)18-13-11-10-12-17(18)8-2/h2,10-13,19,21,29H,7,9,14-16H2,1,3-6H3,(H,26,31)(H,27,33). The largest absolute Gasteiger partial charge is 0.468 e. The molecule has 0 aromatic heterocycles. The zero-order valence-electron chi connectivity index (χ0n) is 20.9. The van der Waals surface area contributed by atoms with Crippen molar-refractivity contribution in [1.82, 2.24) is 15.5 Å². The topological polar surface area (TPSA) is 134 Å². The number of carbonyl (C=O) groups excluding carboxylic acids is 4. The Morgan fingerprint density at radius 3 is 2.40 bits per heavy atom. The van der Waals surface area contributed by atoms with Crippen LogP contribution in [0.4, 0.5) is 4.79 Å². The fraction of sp³-hybridized carbons (Fsp3) is 0.520. The van der Waals surface area contributed by atoms with Crippen molar-refractivity contribution in [1.29, 1.82) is 0 Å². The third kappa shape index (κ3) is 9.29. The summed E-state index contributed by atoms with van der Waals surface area (Å²) in [5, 5.41) is 14.7. The second-order valence-corrected chi connectivity index (χ2v) is 8.69. The predicted molar refractivity (Wildman–Crippen MR) is 129 cm³/mol. The highest BCUT2D eigenvalue weighted by molar-refractivity contribution is 5.93. The number of aliphatic hydroxyl groups excluding tert-OH is 1. The lowest BCUT2D eigenvalue weighted by Crippen LogP contribution is -2.55. The Balaban J connectivity index is 3.44. The first-order valence-electron chi connectivity index (χ1n) is 11.3. The fourth-order valence-electron chi connectivity index (χ4n) is 3.18. The van der Waals surface area contributed by atoms with Crippen LogP contribution in [0, 0.1) is 12.3 Å². The van der Waals surface area contributed by atoms with Crippen molar-refractivity contribution in [3.63, 3.8) is 0 Å². The summed E-state index contributed by atoms with van der Waals surface area (Å²) >= 11 is 0. The molecule has 0 spiro atoms. The van der Waals surface area contributed by atoms with Crippen LogP contribution < -0.4 is 10.6 Å². The molecule has 0 saturated heterocycles. The number of hydrogen-bond acceptors (Lipinski definition) is 7. The maximum Gasteiger partial charge on any atom is 0.408 e. The van der Waals surface area contributed by atoms with Gasteiger partial charge in [0, 0.05) is 12.1 Å². The van der Waals surface area contributed by atoms with Gasteiger partial charge in [0.1, 0.15) is 24.2 Å². The van der Waals surface area contributed by atoms with Crippen LogP contribution in [0.25, 0.3) is 0 Å². The van der Waals surface area contributed by atoms with Gasteiger partial charge in [0.2, 0.25) is 11.8 Å². The zero-order chi connectivity index (χ0) is 26.6. The molecule has 0 aliphatic carbocycles. The van der Waals surface area contributed by atoms with Crippen LogP contribution >= 0.6 is 0 Å². The normalized spacial score (nSPS) is 12.5. The Labute approximate surface area is 206 Å². The van der Waals surface area contributed by atoms with Gasteiger partial charge in [0.15, 0.2) is 0 Å². The first-order valence-corrected chi connectivity index (χ1v) is 11.3. The molecule has 0 bridgehead atoms. The lowest BCUT2D eigenvalue weighted by atomic mass is 9.97. The molecule has 10 nitrogen and oxygen atoms in total. The Bertz CT molecular complexity index is 934. The molecule has 0 fully saturated rings. The van der Waals surface area contributed by atoms with Crippen molar-refractivity contribution in [3.05, 3.63) is 35.4 Å². The summed E-state index contributed by atoms with van der Waals surface area (Å²) in [5.74, 6) is 0.456. The highest BCUT2D eigenvalue weighted by atomic mass is 16.6. The third-order valence-corrected chi connectivity index (χ3v) is 4.81. The predicted octanol–water partition coefficient (Wildman–Crippen LogP) is 1.51. The first-order chi connectivity index (χ1) is 16.5. The van der Waals surface area contributed by atoms with E-state index in [9.17, 15) is 24.3 Å². The molecule has 2 unspecified atom stereocenters. The molecule has 1 aromatic rings. The Morgan fingerprint density at radius 2 is 1.86 bits per heavy atom. The van der Waals surface area contributed by atoms with E-state index in [1.807, 2.05) is 6.92 Å². The number of benzene rings is 1. The molecule has 0 heterocycles. The number of amides is 3. The van der Waals surface area contributed by atoms with Gasteiger partial charge in [0.05, 0.1) is 13.7 Å². The summed E-state index contributed by atoms with van der Waals surface area (Å²) in [6, 6.07) is 3.98. The quantitative estimate of drug-likeness (QED) is 0.317. The molecule has 192 valence electrons. The maximum absolute atomic E-state index is 13.6. The van der Waals surface area contributed by atoms with E-state index in [0.29, 0.717) is 24.0 Å². The number of nitrogens with one attached hydrogen (secondary N) is 2. The molecule has 1 aromatic carbocycles. The van der Waals surface area contributed by atoms with Crippen molar-refractivity contribution >= 4 is 23.9 Å². The summed E-state index contributed by atoms with van der Waals surface area (Å²) in [4.78, 5) is 52.0. The van der Waals surface area contributed by atoms with Crippen molar-refractivity contribution in [2.75, 3.05) is 26.8 Å². The number of alkyl carbamates (subject to hydrolysis) is 1. The minimum atomic E-state index is -1.38. The summed E-state index contributed by atoms with van der Waals surface area (Å²) in [7, 11) is 1.19. The number of methoxy groups -OCH3 is 1. The lowest BCUT2D eigenvalue weighted by molar-refractivity contribution is -0.145. The molecule has 35 heavy (non-hydrogen) atoms. The van der Waals surface area contributed by atoms with Gasteiger partial charge in [-0.1, -0.05) is 37.5 Å². The van der Waals surface area contributed by atoms with Crippen molar-refractivity contribution < 1.29 is 33.8 Å². The number of rotatable bonds is 11. The van der Waals surface area contributed by atoms with E-state index in [2.05, 4.69) is 21.3 Å². The third-order valence-electron chi connectivity index (χ3n) is 4.81. The van der Waals surface area contributed by atoms with Crippen molar-refractivity contribution in [3.8, 4) is 12.3 Å². The molecular formula is C25H35N3O7. The van der Waals surface area contributed by atoms with E-state index >= 15 is 0 Å². The van der Waals surface area contributed by atoms with Gasteiger partial charge in [-0.25, -0.2) is 4.79 Å². The molecular weight excluding hydrogens is 454 g/mol. The minimum Gasteiger partial charge on any atom is -0.468 e.